The number of carbonyl (C=O) groups is 1. The van der Waals surface area contributed by atoms with Crippen molar-refractivity contribution in [2.75, 3.05) is 5.75 Å². The molecular formula is C25H22FN3O2S. The first-order chi connectivity index (χ1) is 15.5. The van der Waals surface area contributed by atoms with Crippen LogP contribution in [0.1, 0.15) is 16.7 Å². The van der Waals surface area contributed by atoms with E-state index in [2.05, 4.69) is 10.3 Å². The zero-order valence-electron chi connectivity index (χ0n) is 17.5. The second-order valence-corrected chi connectivity index (χ2v) is 8.44. The zero-order valence-corrected chi connectivity index (χ0v) is 18.4. The first-order valence-corrected chi connectivity index (χ1v) is 11.2. The average Bonchev–Trinajstić information content (AvgIpc) is 2.80. The first-order valence-electron chi connectivity index (χ1n) is 10.2. The Hall–Kier alpha value is -3.45. The van der Waals surface area contributed by atoms with Gasteiger partial charge in [-0.25, -0.2) is 9.37 Å². The molecule has 3 aromatic carbocycles. The van der Waals surface area contributed by atoms with E-state index in [-0.39, 0.29) is 28.1 Å². The Bertz CT molecular complexity index is 1300. The fraction of sp³-hybridized carbons (Fsp3) is 0.160. The van der Waals surface area contributed by atoms with Crippen LogP contribution in [0, 0.1) is 12.7 Å². The average molecular weight is 448 g/mol. The number of hydrogen-bond donors (Lipinski definition) is 1. The zero-order chi connectivity index (χ0) is 22.5. The maximum absolute atomic E-state index is 13.2. The number of benzene rings is 3. The van der Waals surface area contributed by atoms with E-state index in [0.717, 1.165) is 34.0 Å². The molecule has 1 amide bonds. The molecule has 0 aliphatic carbocycles. The van der Waals surface area contributed by atoms with Gasteiger partial charge in [-0.05, 0) is 42.3 Å². The van der Waals surface area contributed by atoms with Crippen molar-refractivity contribution in [1.82, 2.24) is 14.9 Å². The van der Waals surface area contributed by atoms with Gasteiger partial charge in [-0.2, -0.15) is 0 Å². The van der Waals surface area contributed by atoms with Crippen molar-refractivity contribution in [3.8, 4) is 0 Å². The third kappa shape index (κ3) is 5.23. The van der Waals surface area contributed by atoms with Crippen LogP contribution in [0.25, 0.3) is 11.0 Å². The highest BCUT2D eigenvalue weighted by Crippen LogP contribution is 2.18. The third-order valence-corrected chi connectivity index (χ3v) is 5.97. The Kier molecular flexibility index (Phi) is 6.66. The minimum Gasteiger partial charge on any atom is -0.351 e. The van der Waals surface area contributed by atoms with Gasteiger partial charge in [-0.1, -0.05) is 65.9 Å². The standard InChI is InChI=1S/C25H22FN3O2S/c1-17-6-8-19(9-7-17)15-29-22-5-3-2-4-21(22)28-24(25(29)31)32-16-23(30)27-14-18-10-12-20(26)13-11-18/h2-13H,14-16H2,1H3,(H,27,30). The number of halogens is 1. The van der Waals surface area contributed by atoms with Crippen LogP contribution in [0.2, 0.25) is 0 Å². The highest BCUT2D eigenvalue weighted by Gasteiger charge is 2.13. The summed E-state index contributed by atoms with van der Waals surface area (Å²) in [4.78, 5) is 30.0. The van der Waals surface area contributed by atoms with Gasteiger partial charge < -0.3 is 5.32 Å². The van der Waals surface area contributed by atoms with Crippen LogP contribution in [0.5, 0.6) is 0 Å². The molecule has 0 saturated heterocycles. The van der Waals surface area contributed by atoms with E-state index < -0.39 is 0 Å². The molecule has 0 aliphatic heterocycles. The predicted molar refractivity (Wildman–Crippen MR) is 125 cm³/mol. The van der Waals surface area contributed by atoms with E-state index in [4.69, 9.17) is 0 Å². The van der Waals surface area contributed by atoms with Gasteiger partial charge in [0.2, 0.25) is 5.91 Å². The van der Waals surface area contributed by atoms with E-state index >= 15 is 0 Å². The number of rotatable bonds is 7. The number of para-hydroxylation sites is 2. The Labute approximate surface area is 189 Å². The Morgan fingerprint density at radius 2 is 1.69 bits per heavy atom. The fourth-order valence-electron chi connectivity index (χ4n) is 3.28. The molecule has 32 heavy (non-hydrogen) atoms. The molecule has 0 fully saturated rings. The molecule has 7 heteroatoms. The summed E-state index contributed by atoms with van der Waals surface area (Å²) in [5, 5.41) is 3.07. The molecule has 4 aromatic rings. The number of aryl methyl sites for hydroxylation is 1. The number of amides is 1. The smallest absolute Gasteiger partial charge is 0.283 e. The molecule has 1 heterocycles. The van der Waals surface area contributed by atoms with Gasteiger partial charge in [0.1, 0.15) is 5.82 Å². The largest absolute Gasteiger partial charge is 0.351 e. The summed E-state index contributed by atoms with van der Waals surface area (Å²) < 4.78 is 14.7. The summed E-state index contributed by atoms with van der Waals surface area (Å²) in [5.74, 6) is -0.481. The third-order valence-electron chi connectivity index (χ3n) is 5.03. The minimum absolute atomic E-state index is 0.0618. The normalized spacial score (nSPS) is 10.9. The van der Waals surface area contributed by atoms with Crippen molar-refractivity contribution in [2.45, 2.75) is 25.0 Å². The maximum atomic E-state index is 13.2. The summed E-state index contributed by atoms with van der Waals surface area (Å²) >= 11 is 1.12. The van der Waals surface area contributed by atoms with Gasteiger partial charge in [0.15, 0.2) is 5.03 Å². The molecular weight excluding hydrogens is 425 g/mol. The number of nitrogens with zero attached hydrogens (tertiary/aromatic N) is 2. The van der Waals surface area contributed by atoms with Crippen LogP contribution >= 0.6 is 11.8 Å². The van der Waals surface area contributed by atoms with Crippen LogP contribution < -0.4 is 10.9 Å². The SMILES string of the molecule is Cc1ccc(Cn2c(=O)c(SCC(=O)NCc3ccc(F)cc3)nc3ccccc32)cc1. The van der Waals surface area contributed by atoms with E-state index in [1.165, 1.54) is 12.1 Å². The summed E-state index contributed by atoms with van der Waals surface area (Å²) in [7, 11) is 0. The van der Waals surface area contributed by atoms with Crippen LogP contribution in [0.3, 0.4) is 0 Å². The maximum Gasteiger partial charge on any atom is 0.283 e. The fourth-order valence-corrected chi connectivity index (χ4v) is 4.05. The lowest BCUT2D eigenvalue weighted by molar-refractivity contribution is -0.118. The summed E-state index contributed by atoms with van der Waals surface area (Å²) in [6.45, 7) is 2.74. The Morgan fingerprint density at radius 1 is 1.00 bits per heavy atom. The molecule has 0 atom stereocenters. The second-order valence-electron chi connectivity index (χ2n) is 7.47. The number of hydrogen-bond acceptors (Lipinski definition) is 4. The number of fused-ring (bicyclic) bond motifs is 1. The Morgan fingerprint density at radius 3 is 2.44 bits per heavy atom. The van der Waals surface area contributed by atoms with Crippen molar-refractivity contribution in [1.29, 1.82) is 0 Å². The lowest BCUT2D eigenvalue weighted by atomic mass is 10.1. The monoisotopic (exact) mass is 447 g/mol. The van der Waals surface area contributed by atoms with E-state index in [1.54, 1.807) is 16.7 Å². The van der Waals surface area contributed by atoms with Gasteiger partial charge in [0.05, 0.1) is 23.3 Å². The first kappa shape index (κ1) is 21.8. The topological polar surface area (TPSA) is 64.0 Å². The Balaban J connectivity index is 1.51. The molecule has 0 radical (unpaired) electrons. The van der Waals surface area contributed by atoms with Crippen LogP contribution in [0.15, 0.2) is 82.6 Å². The molecule has 162 valence electrons. The molecule has 0 saturated carbocycles. The predicted octanol–water partition coefficient (Wildman–Crippen LogP) is 4.30. The quantitative estimate of drug-likeness (QED) is 0.429. The van der Waals surface area contributed by atoms with E-state index in [9.17, 15) is 14.0 Å². The second kappa shape index (κ2) is 9.78. The number of aromatic nitrogens is 2. The van der Waals surface area contributed by atoms with Crippen LogP contribution in [-0.2, 0) is 17.9 Å². The molecule has 1 aromatic heterocycles. The van der Waals surface area contributed by atoms with Crippen molar-refractivity contribution >= 4 is 28.7 Å². The highest BCUT2D eigenvalue weighted by atomic mass is 32.2. The van der Waals surface area contributed by atoms with Crippen molar-refractivity contribution in [3.63, 3.8) is 0 Å². The van der Waals surface area contributed by atoms with Crippen molar-refractivity contribution < 1.29 is 9.18 Å². The minimum atomic E-state index is -0.320. The molecule has 5 nitrogen and oxygen atoms in total. The molecule has 0 spiro atoms. The summed E-state index contributed by atoms with van der Waals surface area (Å²) in [6.07, 6.45) is 0. The molecule has 0 aliphatic rings. The molecule has 4 rings (SSSR count). The van der Waals surface area contributed by atoms with Gasteiger partial charge in [-0.3, -0.25) is 14.2 Å². The highest BCUT2D eigenvalue weighted by molar-refractivity contribution is 7.99. The molecule has 1 N–H and O–H groups in total. The van der Waals surface area contributed by atoms with Crippen molar-refractivity contribution in [2.24, 2.45) is 0 Å². The van der Waals surface area contributed by atoms with Gasteiger partial charge in [0, 0.05) is 6.54 Å². The van der Waals surface area contributed by atoms with E-state index in [1.807, 2.05) is 55.5 Å². The van der Waals surface area contributed by atoms with E-state index in [0.29, 0.717) is 18.6 Å². The van der Waals surface area contributed by atoms with Gasteiger partial charge in [0.25, 0.3) is 5.56 Å². The van der Waals surface area contributed by atoms with Gasteiger partial charge in [-0.15, -0.1) is 0 Å². The number of carbonyl (C=O) groups excluding carboxylic acids is 1. The van der Waals surface area contributed by atoms with Crippen molar-refractivity contribution in [3.05, 3.63) is 106 Å². The summed E-state index contributed by atoms with van der Waals surface area (Å²) in [5.41, 5.74) is 4.21. The lowest BCUT2D eigenvalue weighted by Gasteiger charge is -2.12. The number of nitrogens with one attached hydrogen (secondary N) is 1. The molecule has 0 unspecified atom stereocenters. The molecule has 0 bridgehead atoms. The van der Waals surface area contributed by atoms with Crippen LogP contribution in [-0.4, -0.2) is 21.2 Å². The van der Waals surface area contributed by atoms with Gasteiger partial charge >= 0.3 is 0 Å². The number of thioether (sulfide) groups is 1. The lowest BCUT2D eigenvalue weighted by Crippen LogP contribution is -2.27. The summed E-state index contributed by atoms with van der Waals surface area (Å²) in [6, 6.07) is 21.5. The van der Waals surface area contributed by atoms with Crippen LogP contribution in [0.4, 0.5) is 4.39 Å².